The van der Waals surface area contributed by atoms with E-state index < -0.39 is 0 Å². The summed E-state index contributed by atoms with van der Waals surface area (Å²) < 4.78 is 1.12. The van der Waals surface area contributed by atoms with Gasteiger partial charge in [0, 0.05) is 24.5 Å². The van der Waals surface area contributed by atoms with Gasteiger partial charge in [0.2, 0.25) is 0 Å². The maximum Gasteiger partial charge on any atom is 0.142 e. The Morgan fingerprint density at radius 3 is 3.00 bits per heavy atom. The van der Waals surface area contributed by atoms with Crippen molar-refractivity contribution in [2.75, 3.05) is 24.2 Å². The second-order valence-corrected chi connectivity index (χ2v) is 5.90. The third kappa shape index (κ3) is 2.48. The molecule has 0 aliphatic carbocycles. The van der Waals surface area contributed by atoms with Crippen LogP contribution in [0.3, 0.4) is 0 Å². The number of halogens is 1. The van der Waals surface area contributed by atoms with Gasteiger partial charge in [-0.05, 0) is 47.2 Å². The van der Waals surface area contributed by atoms with Crippen LogP contribution >= 0.6 is 27.7 Å². The number of aryl methyl sites for hydroxylation is 1. The lowest BCUT2D eigenvalue weighted by atomic mass is 10.3. The highest BCUT2D eigenvalue weighted by Crippen LogP contribution is 2.30. The van der Waals surface area contributed by atoms with E-state index in [4.69, 9.17) is 0 Å². The van der Waals surface area contributed by atoms with E-state index in [0.717, 1.165) is 28.6 Å². The Labute approximate surface area is 104 Å². The molecule has 1 aromatic rings. The van der Waals surface area contributed by atoms with Gasteiger partial charge in [0.15, 0.2) is 0 Å². The van der Waals surface area contributed by atoms with Crippen LogP contribution in [0.15, 0.2) is 16.7 Å². The van der Waals surface area contributed by atoms with Crippen molar-refractivity contribution in [1.82, 2.24) is 4.98 Å². The predicted molar refractivity (Wildman–Crippen MR) is 70.8 cm³/mol. The zero-order chi connectivity index (χ0) is 10.8. The van der Waals surface area contributed by atoms with Gasteiger partial charge in [0.1, 0.15) is 5.82 Å². The quantitative estimate of drug-likeness (QED) is 0.831. The van der Waals surface area contributed by atoms with Crippen LogP contribution in [-0.4, -0.2) is 29.6 Å². The van der Waals surface area contributed by atoms with Crippen LogP contribution in [0.4, 0.5) is 5.82 Å². The second-order valence-electron chi connectivity index (χ2n) is 3.91. The van der Waals surface area contributed by atoms with E-state index in [9.17, 15) is 0 Å². The SMILES string of the molecule is CSC1CCN(c2ncc(C)cc2Br)C1. The van der Waals surface area contributed by atoms with Crippen LogP contribution in [0.5, 0.6) is 0 Å². The second kappa shape index (κ2) is 4.74. The molecule has 2 heterocycles. The van der Waals surface area contributed by atoms with Crippen molar-refractivity contribution in [3.63, 3.8) is 0 Å². The van der Waals surface area contributed by atoms with E-state index >= 15 is 0 Å². The molecule has 0 aromatic carbocycles. The van der Waals surface area contributed by atoms with E-state index in [-0.39, 0.29) is 0 Å². The Morgan fingerprint density at radius 1 is 1.60 bits per heavy atom. The predicted octanol–water partition coefficient (Wildman–Crippen LogP) is 3.09. The summed E-state index contributed by atoms with van der Waals surface area (Å²) in [5.74, 6) is 1.09. The molecule has 0 radical (unpaired) electrons. The Morgan fingerprint density at radius 2 is 2.40 bits per heavy atom. The highest BCUT2D eigenvalue weighted by molar-refractivity contribution is 9.10. The number of anilines is 1. The summed E-state index contributed by atoms with van der Waals surface area (Å²) in [6.07, 6.45) is 5.39. The minimum absolute atomic E-state index is 0.764. The van der Waals surface area contributed by atoms with E-state index in [2.05, 4.69) is 45.1 Å². The molecule has 1 unspecified atom stereocenters. The van der Waals surface area contributed by atoms with E-state index in [1.165, 1.54) is 12.0 Å². The monoisotopic (exact) mass is 286 g/mol. The Kier molecular flexibility index (Phi) is 3.57. The molecule has 1 aliphatic rings. The summed E-state index contributed by atoms with van der Waals surface area (Å²) >= 11 is 5.54. The molecular formula is C11H15BrN2S. The van der Waals surface area contributed by atoms with Gasteiger partial charge in [-0.25, -0.2) is 4.98 Å². The molecule has 1 aliphatic heterocycles. The van der Waals surface area contributed by atoms with E-state index in [1.54, 1.807) is 0 Å². The summed E-state index contributed by atoms with van der Waals surface area (Å²) in [5, 5.41) is 0.764. The lowest BCUT2D eigenvalue weighted by Gasteiger charge is -2.18. The Hall–Kier alpha value is -0.220. The lowest BCUT2D eigenvalue weighted by molar-refractivity contribution is 0.931. The first-order valence-corrected chi connectivity index (χ1v) is 7.18. The van der Waals surface area contributed by atoms with E-state index in [1.807, 2.05) is 18.0 Å². The van der Waals surface area contributed by atoms with Gasteiger partial charge in [-0.1, -0.05) is 0 Å². The van der Waals surface area contributed by atoms with Crippen LogP contribution in [-0.2, 0) is 0 Å². The fraction of sp³-hybridized carbons (Fsp3) is 0.545. The molecule has 15 heavy (non-hydrogen) atoms. The lowest BCUT2D eigenvalue weighted by Crippen LogP contribution is -2.21. The molecule has 0 amide bonds. The van der Waals surface area contributed by atoms with Crippen molar-refractivity contribution in [1.29, 1.82) is 0 Å². The summed E-state index contributed by atoms with van der Waals surface area (Å²) in [5.41, 5.74) is 1.20. The van der Waals surface area contributed by atoms with Gasteiger partial charge in [-0.15, -0.1) is 0 Å². The molecular weight excluding hydrogens is 272 g/mol. The van der Waals surface area contributed by atoms with Crippen LogP contribution in [0.25, 0.3) is 0 Å². The first kappa shape index (κ1) is 11.3. The van der Waals surface area contributed by atoms with Gasteiger partial charge >= 0.3 is 0 Å². The van der Waals surface area contributed by atoms with Crippen LogP contribution in [0.1, 0.15) is 12.0 Å². The smallest absolute Gasteiger partial charge is 0.142 e. The first-order chi connectivity index (χ1) is 7.20. The molecule has 1 saturated heterocycles. The van der Waals surface area contributed by atoms with Gasteiger partial charge in [0.05, 0.1) is 4.47 Å². The van der Waals surface area contributed by atoms with Gasteiger partial charge in [-0.2, -0.15) is 11.8 Å². The summed E-state index contributed by atoms with van der Waals surface area (Å²) in [6, 6.07) is 2.13. The Bertz CT molecular complexity index is 356. The summed E-state index contributed by atoms with van der Waals surface area (Å²) in [7, 11) is 0. The highest BCUT2D eigenvalue weighted by Gasteiger charge is 2.23. The van der Waals surface area contributed by atoms with Gasteiger partial charge in [-0.3, -0.25) is 0 Å². The standard InChI is InChI=1S/C11H15BrN2S/c1-8-5-10(12)11(13-6-8)14-4-3-9(7-14)15-2/h5-6,9H,3-4,7H2,1-2H3. The van der Waals surface area contributed by atoms with Crippen molar-refractivity contribution in [3.8, 4) is 0 Å². The van der Waals surface area contributed by atoms with Crippen LogP contribution in [0.2, 0.25) is 0 Å². The molecule has 0 spiro atoms. The number of aromatic nitrogens is 1. The molecule has 0 saturated carbocycles. The van der Waals surface area contributed by atoms with Crippen molar-refractivity contribution < 1.29 is 0 Å². The maximum atomic E-state index is 4.50. The van der Waals surface area contributed by atoms with E-state index in [0.29, 0.717) is 0 Å². The molecule has 2 rings (SSSR count). The first-order valence-electron chi connectivity index (χ1n) is 5.10. The molecule has 1 atom stereocenters. The van der Waals surface area contributed by atoms with Crippen molar-refractivity contribution in [3.05, 3.63) is 22.3 Å². The van der Waals surface area contributed by atoms with Crippen LogP contribution in [0, 0.1) is 6.92 Å². The zero-order valence-corrected chi connectivity index (χ0v) is 11.4. The van der Waals surface area contributed by atoms with Crippen molar-refractivity contribution in [2.24, 2.45) is 0 Å². The fourth-order valence-corrected chi connectivity index (χ4v) is 3.26. The largest absolute Gasteiger partial charge is 0.355 e. The number of nitrogens with zero attached hydrogens (tertiary/aromatic N) is 2. The van der Waals surface area contributed by atoms with Crippen LogP contribution < -0.4 is 4.90 Å². The number of rotatable bonds is 2. The minimum atomic E-state index is 0.764. The van der Waals surface area contributed by atoms with Gasteiger partial charge < -0.3 is 4.90 Å². The minimum Gasteiger partial charge on any atom is -0.355 e. The van der Waals surface area contributed by atoms with Gasteiger partial charge in [0.25, 0.3) is 0 Å². The molecule has 0 bridgehead atoms. The average molecular weight is 287 g/mol. The molecule has 82 valence electrons. The third-order valence-corrected chi connectivity index (χ3v) is 4.37. The molecule has 0 N–H and O–H groups in total. The third-order valence-electron chi connectivity index (χ3n) is 2.74. The fourth-order valence-electron chi connectivity index (χ4n) is 1.87. The molecule has 4 heteroatoms. The maximum absolute atomic E-state index is 4.50. The van der Waals surface area contributed by atoms with Crippen molar-refractivity contribution >= 4 is 33.5 Å². The normalized spacial score (nSPS) is 21.0. The zero-order valence-electron chi connectivity index (χ0n) is 9.03. The Balaban J connectivity index is 2.17. The number of thioether (sulfide) groups is 1. The number of pyridine rings is 1. The summed E-state index contributed by atoms with van der Waals surface area (Å²) in [4.78, 5) is 6.86. The number of hydrogen-bond acceptors (Lipinski definition) is 3. The molecule has 1 fully saturated rings. The van der Waals surface area contributed by atoms with Crippen molar-refractivity contribution in [2.45, 2.75) is 18.6 Å². The topological polar surface area (TPSA) is 16.1 Å². The molecule has 2 nitrogen and oxygen atoms in total. The molecule has 1 aromatic heterocycles. The number of hydrogen-bond donors (Lipinski definition) is 0. The highest BCUT2D eigenvalue weighted by atomic mass is 79.9. The summed E-state index contributed by atoms with van der Waals surface area (Å²) in [6.45, 7) is 4.31. The average Bonchev–Trinajstić information content (AvgIpc) is 2.66.